The van der Waals surface area contributed by atoms with E-state index >= 15 is 0 Å². The zero-order chi connectivity index (χ0) is 23.2. The first kappa shape index (κ1) is 22.5. The standard InChI is InChI=1S/C23H24FN3O6/c24-18-4-2-1-3-17(18)13-26-7-9-27(10-8-26)21(28)14-31-22(29)12-25-23(30)16-5-6-19-20(11-16)33-15-32-19/h1-6,11H,7-10,12-15H2,(H,25,30). The molecule has 1 N–H and O–H groups in total. The first-order chi connectivity index (χ1) is 16.0. The summed E-state index contributed by atoms with van der Waals surface area (Å²) < 4.78 is 29.2. The molecule has 1 saturated heterocycles. The maximum Gasteiger partial charge on any atom is 0.325 e. The normalized spacial score (nSPS) is 15.2. The second kappa shape index (κ2) is 10.3. The minimum absolute atomic E-state index is 0.0986. The van der Waals surface area contributed by atoms with Gasteiger partial charge < -0.3 is 24.4 Å². The third kappa shape index (κ3) is 5.78. The van der Waals surface area contributed by atoms with Crippen molar-refractivity contribution in [2.45, 2.75) is 6.54 Å². The van der Waals surface area contributed by atoms with Crippen molar-refractivity contribution in [3.8, 4) is 11.5 Å². The number of amides is 2. The van der Waals surface area contributed by atoms with Crippen LogP contribution in [0, 0.1) is 5.82 Å². The monoisotopic (exact) mass is 457 g/mol. The Kier molecular flexibility index (Phi) is 7.04. The van der Waals surface area contributed by atoms with Crippen molar-refractivity contribution in [1.29, 1.82) is 0 Å². The van der Waals surface area contributed by atoms with Crippen molar-refractivity contribution in [2.24, 2.45) is 0 Å². The van der Waals surface area contributed by atoms with Gasteiger partial charge in [-0.15, -0.1) is 0 Å². The van der Waals surface area contributed by atoms with Gasteiger partial charge in [0, 0.05) is 43.9 Å². The fourth-order valence-electron chi connectivity index (χ4n) is 3.60. The number of nitrogens with one attached hydrogen (secondary N) is 1. The van der Waals surface area contributed by atoms with Crippen LogP contribution in [0.2, 0.25) is 0 Å². The molecule has 1 fully saturated rings. The summed E-state index contributed by atoms with van der Waals surface area (Å²) in [5.41, 5.74) is 0.936. The molecule has 0 atom stereocenters. The quantitative estimate of drug-likeness (QED) is 0.624. The van der Waals surface area contributed by atoms with E-state index in [9.17, 15) is 18.8 Å². The number of piperazine rings is 1. The number of hydrogen-bond donors (Lipinski definition) is 1. The largest absolute Gasteiger partial charge is 0.454 e. The Balaban J connectivity index is 1.15. The molecule has 4 rings (SSSR count). The Bertz CT molecular complexity index is 1040. The Labute approximate surface area is 190 Å². The maximum atomic E-state index is 13.8. The van der Waals surface area contributed by atoms with Crippen molar-refractivity contribution >= 4 is 17.8 Å². The fraction of sp³-hybridized carbons (Fsp3) is 0.348. The lowest BCUT2D eigenvalue weighted by atomic mass is 10.2. The van der Waals surface area contributed by atoms with E-state index in [-0.39, 0.29) is 25.1 Å². The number of carbonyl (C=O) groups excluding carboxylic acids is 3. The summed E-state index contributed by atoms with van der Waals surface area (Å²) in [6.07, 6.45) is 0. The van der Waals surface area contributed by atoms with Crippen molar-refractivity contribution in [2.75, 3.05) is 46.1 Å². The van der Waals surface area contributed by atoms with Gasteiger partial charge in [0.2, 0.25) is 6.79 Å². The van der Waals surface area contributed by atoms with Crippen LogP contribution >= 0.6 is 0 Å². The molecule has 2 aliphatic rings. The summed E-state index contributed by atoms with van der Waals surface area (Å²) in [5, 5.41) is 2.45. The molecule has 0 bridgehead atoms. The molecule has 0 unspecified atom stereocenters. The van der Waals surface area contributed by atoms with Gasteiger partial charge in [0.25, 0.3) is 11.8 Å². The van der Waals surface area contributed by atoms with E-state index in [1.54, 1.807) is 35.2 Å². The molecule has 0 saturated carbocycles. The van der Waals surface area contributed by atoms with Crippen LogP contribution in [0.25, 0.3) is 0 Å². The molecule has 2 aliphatic heterocycles. The number of halogens is 1. The molecule has 0 radical (unpaired) electrons. The summed E-state index contributed by atoms with van der Waals surface area (Å²) in [4.78, 5) is 40.2. The van der Waals surface area contributed by atoms with Crippen LogP contribution < -0.4 is 14.8 Å². The van der Waals surface area contributed by atoms with Gasteiger partial charge in [-0.1, -0.05) is 18.2 Å². The van der Waals surface area contributed by atoms with Crippen LogP contribution in [0.1, 0.15) is 15.9 Å². The van der Waals surface area contributed by atoms with Crippen LogP contribution in [0.15, 0.2) is 42.5 Å². The zero-order valence-electron chi connectivity index (χ0n) is 17.9. The molecule has 2 aromatic carbocycles. The number of esters is 1. The average Bonchev–Trinajstić information content (AvgIpc) is 3.31. The zero-order valence-corrected chi connectivity index (χ0v) is 17.9. The van der Waals surface area contributed by atoms with E-state index in [0.717, 1.165) is 0 Å². The lowest BCUT2D eigenvalue weighted by molar-refractivity contribution is -0.151. The number of ether oxygens (including phenoxy) is 3. The van der Waals surface area contributed by atoms with Crippen LogP contribution in [-0.4, -0.2) is 73.7 Å². The van der Waals surface area contributed by atoms with E-state index in [0.29, 0.717) is 55.3 Å². The van der Waals surface area contributed by atoms with Gasteiger partial charge in [-0.05, 0) is 24.3 Å². The third-order valence-corrected chi connectivity index (χ3v) is 5.46. The topological polar surface area (TPSA) is 97.4 Å². The fourth-order valence-corrected chi connectivity index (χ4v) is 3.60. The number of rotatable bonds is 7. The molecule has 33 heavy (non-hydrogen) atoms. The average molecular weight is 457 g/mol. The van der Waals surface area contributed by atoms with E-state index in [4.69, 9.17) is 14.2 Å². The van der Waals surface area contributed by atoms with E-state index in [1.165, 1.54) is 12.1 Å². The third-order valence-electron chi connectivity index (χ3n) is 5.46. The number of fused-ring (bicyclic) bond motifs is 1. The van der Waals surface area contributed by atoms with Gasteiger partial charge in [-0.25, -0.2) is 4.39 Å². The number of hydrogen-bond acceptors (Lipinski definition) is 7. The summed E-state index contributed by atoms with van der Waals surface area (Å²) in [6, 6.07) is 11.3. The molecule has 9 nitrogen and oxygen atoms in total. The summed E-state index contributed by atoms with van der Waals surface area (Å²) >= 11 is 0. The predicted molar refractivity (Wildman–Crippen MR) is 114 cm³/mol. The van der Waals surface area contributed by atoms with Crippen LogP contribution in [-0.2, 0) is 20.9 Å². The maximum absolute atomic E-state index is 13.8. The van der Waals surface area contributed by atoms with E-state index < -0.39 is 18.5 Å². The SMILES string of the molecule is O=C(CNC(=O)c1ccc2c(c1)OCO2)OCC(=O)N1CCN(Cc2ccccc2F)CC1. The first-order valence-corrected chi connectivity index (χ1v) is 10.6. The second-order valence-corrected chi connectivity index (χ2v) is 7.66. The van der Waals surface area contributed by atoms with Gasteiger partial charge in [0.05, 0.1) is 0 Å². The van der Waals surface area contributed by atoms with Gasteiger partial charge in [-0.3, -0.25) is 19.3 Å². The van der Waals surface area contributed by atoms with Crippen molar-refractivity contribution in [3.05, 3.63) is 59.4 Å². The van der Waals surface area contributed by atoms with Crippen LogP contribution in [0.4, 0.5) is 4.39 Å². The van der Waals surface area contributed by atoms with Crippen LogP contribution in [0.3, 0.4) is 0 Å². The number of nitrogens with zero attached hydrogens (tertiary/aromatic N) is 2. The molecular formula is C23H24FN3O6. The molecule has 2 heterocycles. The first-order valence-electron chi connectivity index (χ1n) is 10.6. The van der Waals surface area contributed by atoms with Gasteiger partial charge in [0.15, 0.2) is 18.1 Å². The Morgan fingerprint density at radius 3 is 2.55 bits per heavy atom. The highest BCUT2D eigenvalue weighted by Crippen LogP contribution is 2.32. The molecular weight excluding hydrogens is 433 g/mol. The number of carbonyl (C=O) groups is 3. The molecule has 2 amide bonds. The summed E-state index contributed by atoms with van der Waals surface area (Å²) in [6.45, 7) is 1.94. The Hall–Kier alpha value is -3.66. The smallest absolute Gasteiger partial charge is 0.325 e. The molecule has 0 spiro atoms. The van der Waals surface area contributed by atoms with Gasteiger partial charge in [0.1, 0.15) is 12.4 Å². The Morgan fingerprint density at radius 1 is 1.00 bits per heavy atom. The number of benzene rings is 2. The minimum Gasteiger partial charge on any atom is -0.454 e. The van der Waals surface area contributed by atoms with Gasteiger partial charge in [-0.2, -0.15) is 0 Å². The Morgan fingerprint density at radius 2 is 1.76 bits per heavy atom. The van der Waals surface area contributed by atoms with Crippen molar-refractivity contribution in [3.63, 3.8) is 0 Å². The highest BCUT2D eigenvalue weighted by molar-refractivity contribution is 5.96. The predicted octanol–water partition coefficient (Wildman–Crippen LogP) is 1.17. The summed E-state index contributed by atoms with van der Waals surface area (Å²) in [5.74, 6) is -0.718. The molecule has 0 aliphatic carbocycles. The molecule has 10 heteroatoms. The van der Waals surface area contributed by atoms with Crippen LogP contribution in [0.5, 0.6) is 11.5 Å². The highest BCUT2D eigenvalue weighted by atomic mass is 19.1. The van der Waals surface area contributed by atoms with Crippen molar-refractivity contribution in [1.82, 2.24) is 15.1 Å². The minimum atomic E-state index is -0.712. The highest BCUT2D eigenvalue weighted by Gasteiger charge is 2.23. The molecule has 174 valence electrons. The van der Waals surface area contributed by atoms with Gasteiger partial charge >= 0.3 is 5.97 Å². The van der Waals surface area contributed by atoms with Crippen molar-refractivity contribution < 1.29 is 33.0 Å². The summed E-state index contributed by atoms with van der Waals surface area (Å²) in [7, 11) is 0. The van der Waals surface area contributed by atoms with E-state index in [1.807, 2.05) is 0 Å². The second-order valence-electron chi connectivity index (χ2n) is 7.66. The lowest BCUT2D eigenvalue weighted by Gasteiger charge is -2.34. The molecule has 2 aromatic rings. The molecule has 0 aromatic heterocycles. The van der Waals surface area contributed by atoms with E-state index in [2.05, 4.69) is 10.2 Å². The lowest BCUT2D eigenvalue weighted by Crippen LogP contribution is -2.49.